The lowest BCUT2D eigenvalue weighted by Crippen LogP contribution is -2.38. The van der Waals surface area contributed by atoms with Crippen LogP contribution in [0.3, 0.4) is 0 Å². The molecule has 0 heterocycles. The first-order valence-corrected chi connectivity index (χ1v) is 8.05. The van der Waals surface area contributed by atoms with E-state index < -0.39 is 8.07 Å². The van der Waals surface area contributed by atoms with Gasteiger partial charge in [-0.25, -0.2) is 0 Å². The molecule has 1 aromatic rings. The summed E-state index contributed by atoms with van der Waals surface area (Å²) in [5.41, 5.74) is 1.30. The maximum absolute atomic E-state index is 6.12. The molecule has 1 rings (SSSR count). The van der Waals surface area contributed by atoms with E-state index in [4.69, 9.17) is 11.6 Å². The number of rotatable bonds is 1. The Morgan fingerprint density at radius 2 is 1.75 bits per heavy atom. The van der Waals surface area contributed by atoms with Crippen molar-refractivity contribution in [3.63, 3.8) is 0 Å². The van der Waals surface area contributed by atoms with Crippen LogP contribution < -0.4 is 5.19 Å². The summed E-state index contributed by atoms with van der Waals surface area (Å²) in [7, 11) is -1.24. The molecule has 0 fully saturated rings. The molecular weight excluding hydrogens is 184 g/mol. The maximum atomic E-state index is 6.12. The molecule has 1 aromatic carbocycles. The molecule has 66 valence electrons. The zero-order valence-corrected chi connectivity index (χ0v) is 9.87. The van der Waals surface area contributed by atoms with E-state index in [2.05, 4.69) is 38.7 Å². The number of aryl methyl sites for hydroxylation is 1. The maximum Gasteiger partial charge on any atom is 0.0795 e. The van der Waals surface area contributed by atoms with Gasteiger partial charge in [0.05, 0.1) is 8.07 Å². The first-order valence-electron chi connectivity index (χ1n) is 4.18. The summed E-state index contributed by atoms with van der Waals surface area (Å²) >= 11 is 6.12. The van der Waals surface area contributed by atoms with E-state index in [-0.39, 0.29) is 0 Å². The molecule has 0 nitrogen and oxygen atoms in total. The van der Waals surface area contributed by atoms with E-state index in [0.29, 0.717) is 0 Å². The van der Waals surface area contributed by atoms with Crippen LogP contribution in [0.2, 0.25) is 24.7 Å². The monoisotopic (exact) mass is 198 g/mol. The van der Waals surface area contributed by atoms with Gasteiger partial charge in [-0.1, -0.05) is 48.9 Å². The lowest BCUT2D eigenvalue weighted by atomic mass is 10.2. The van der Waals surface area contributed by atoms with Crippen LogP contribution in [0.25, 0.3) is 0 Å². The normalized spacial score (nSPS) is 11.8. The van der Waals surface area contributed by atoms with Crippen LogP contribution in [0.1, 0.15) is 5.56 Å². The largest absolute Gasteiger partial charge is 0.0845 e. The summed E-state index contributed by atoms with van der Waals surface area (Å²) in [4.78, 5) is 0. The molecule has 0 N–H and O–H groups in total. The zero-order valence-electron chi connectivity index (χ0n) is 8.11. The fourth-order valence-corrected chi connectivity index (χ4v) is 3.64. The van der Waals surface area contributed by atoms with E-state index in [0.717, 1.165) is 5.02 Å². The lowest BCUT2D eigenvalue weighted by Gasteiger charge is -2.18. The van der Waals surface area contributed by atoms with Gasteiger partial charge in [-0.05, 0) is 18.2 Å². The minimum atomic E-state index is -1.24. The molecule has 0 aliphatic carbocycles. The van der Waals surface area contributed by atoms with E-state index in [1.807, 2.05) is 6.07 Å². The second-order valence-corrected chi connectivity index (χ2v) is 9.68. The van der Waals surface area contributed by atoms with Gasteiger partial charge in [0.25, 0.3) is 0 Å². The van der Waals surface area contributed by atoms with Gasteiger partial charge in [0.1, 0.15) is 0 Å². The summed E-state index contributed by atoms with van der Waals surface area (Å²) in [6.45, 7) is 9.05. The Morgan fingerprint density at radius 1 is 1.17 bits per heavy atom. The number of benzene rings is 1. The SMILES string of the molecule is Cc1ccc(Cl)c([Si](C)(C)C)c1. The first-order chi connectivity index (χ1) is 5.41. The smallest absolute Gasteiger partial charge is 0.0795 e. The lowest BCUT2D eigenvalue weighted by molar-refractivity contribution is 1.48. The molecule has 0 aromatic heterocycles. The molecule has 12 heavy (non-hydrogen) atoms. The summed E-state index contributed by atoms with van der Waals surface area (Å²) in [6.07, 6.45) is 0. The van der Waals surface area contributed by atoms with Crippen LogP contribution in [-0.4, -0.2) is 8.07 Å². The van der Waals surface area contributed by atoms with E-state index in [1.165, 1.54) is 10.8 Å². The van der Waals surface area contributed by atoms with Crippen molar-refractivity contribution >= 4 is 24.9 Å². The fraction of sp³-hybridized carbons (Fsp3) is 0.400. The van der Waals surface area contributed by atoms with Crippen molar-refractivity contribution in [2.75, 3.05) is 0 Å². The predicted molar refractivity (Wildman–Crippen MR) is 59.2 cm³/mol. The highest BCUT2D eigenvalue weighted by Gasteiger charge is 2.19. The minimum Gasteiger partial charge on any atom is -0.0845 e. The molecule has 2 heteroatoms. The van der Waals surface area contributed by atoms with Crippen molar-refractivity contribution in [3.8, 4) is 0 Å². The van der Waals surface area contributed by atoms with E-state index >= 15 is 0 Å². The molecule has 0 saturated heterocycles. The first kappa shape index (κ1) is 9.81. The highest BCUT2D eigenvalue weighted by atomic mass is 35.5. The third kappa shape index (κ3) is 2.11. The van der Waals surface area contributed by atoms with Gasteiger partial charge in [-0.15, -0.1) is 0 Å². The average Bonchev–Trinajstić information content (AvgIpc) is 1.92. The Labute approximate surface area is 80.6 Å². The molecule has 0 amide bonds. The Hall–Kier alpha value is -0.273. The van der Waals surface area contributed by atoms with Crippen LogP contribution in [0, 0.1) is 6.92 Å². The van der Waals surface area contributed by atoms with Crippen LogP contribution in [0.4, 0.5) is 0 Å². The van der Waals surface area contributed by atoms with Crippen LogP contribution in [0.5, 0.6) is 0 Å². The second kappa shape index (κ2) is 3.23. The molecule has 0 spiro atoms. The van der Waals surface area contributed by atoms with Gasteiger partial charge >= 0.3 is 0 Å². The van der Waals surface area contributed by atoms with Crippen molar-refractivity contribution in [1.29, 1.82) is 0 Å². The summed E-state index contributed by atoms with van der Waals surface area (Å²) < 4.78 is 0. The number of hydrogen-bond acceptors (Lipinski definition) is 0. The van der Waals surface area contributed by atoms with Crippen molar-refractivity contribution in [3.05, 3.63) is 28.8 Å². The van der Waals surface area contributed by atoms with Crippen LogP contribution >= 0.6 is 11.6 Å². The Kier molecular flexibility index (Phi) is 2.64. The second-order valence-electron chi connectivity index (χ2n) is 4.23. The quantitative estimate of drug-likeness (QED) is 0.609. The molecule has 0 aliphatic rings. The zero-order chi connectivity index (χ0) is 9.35. The van der Waals surface area contributed by atoms with E-state index in [1.54, 1.807) is 0 Å². The van der Waals surface area contributed by atoms with Crippen LogP contribution in [-0.2, 0) is 0 Å². The van der Waals surface area contributed by atoms with Gasteiger partial charge in [0.2, 0.25) is 0 Å². The van der Waals surface area contributed by atoms with Gasteiger partial charge in [-0.2, -0.15) is 0 Å². The highest BCUT2D eigenvalue weighted by Crippen LogP contribution is 2.13. The minimum absolute atomic E-state index is 0.930. The number of halogens is 1. The topological polar surface area (TPSA) is 0 Å². The third-order valence-electron chi connectivity index (χ3n) is 1.93. The standard InChI is InChI=1S/C10H15ClSi/c1-8-5-6-9(11)10(7-8)12(2,3)4/h5-7H,1-4H3. The van der Waals surface area contributed by atoms with Crippen molar-refractivity contribution in [1.82, 2.24) is 0 Å². The van der Waals surface area contributed by atoms with Crippen molar-refractivity contribution in [2.45, 2.75) is 26.6 Å². The molecular formula is C10H15ClSi. The third-order valence-corrected chi connectivity index (χ3v) is 4.45. The molecule has 0 radical (unpaired) electrons. The van der Waals surface area contributed by atoms with E-state index in [9.17, 15) is 0 Å². The number of hydrogen-bond donors (Lipinski definition) is 0. The molecule has 0 atom stereocenters. The Bertz CT molecular complexity index is 286. The van der Waals surface area contributed by atoms with Gasteiger partial charge in [0.15, 0.2) is 0 Å². The molecule has 0 unspecified atom stereocenters. The van der Waals surface area contributed by atoms with Crippen LogP contribution in [0.15, 0.2) is 18.2 Å². The summed E-state index contributed by atoms with van der Waals surface area (Å²) in [5.74, 6) is 0. The molecule has 0 saturated carbocycles. The summed E-state index contributed by atoms with van der Waals surface area (Å²) in [5, 5.41) is 2.30. The fourth-order valence-electron chi connectivity index (χ4n) is 1.21. The van der Waals surface area contributed by atoms with Crippen molar-refractivity contribution in [2.24, 2.45) is 0 Å². The van der Waals surface area contributed by atoms with Gasteiger partial charge in [0, 0.05) is 5.02 Å². The Morgan fingerprint density at radius 3 is 2.17 bits per heavy atom. The average molecular weight is 199 g/mol. The molecule has 0 bridgehead atoms. The van der Waals surface area contributed by atoms with Gasteiger partial charge < -0.3 is 0 Å². The summed E-state index contributed by atoms with van der Waals surface area (Å²) in [6, 6.07) is 6.28. The van der Waals surface area contributed by atoms with Gasteiger partial charge in [-0.3, -0.25) is 0 Å². The highest BCUT2D eigenvalue weighted by molar-refractivity contribution is 6.90. The van der Waals surface area contributed by atoms with Crippen molar-refractivity contribution < 1.29 is 0 Å². The predicted octanol–water partition coefficient (Wildman–Crippen LogP) is 3.19. The Balaban J connectivity index is 3.23. The molecule has 0 aliphatic heterocycles.